The third-order valence-corrected chi connectivity index (χ3v) is 3.76. The van der Waals surface area contributed by atoms with Crippen LogP contribution in [0.5, 0.6) is 0 Å². The topological polar surface area (TPSA) is 46.3 Å². The third kappa shape index (κ3) is 4.46. The molecule has 2 rings (SSSR count). The fourth-order valence-electron chi connectivity index (χ4n) is 2.21. The zero-order chi connectivity index (χ0) is 15.6. The van der Waals surface area contributed by atoms with Crippen LogP contribution in [-0.2, 0) is 17.5 Å². The molecule has 2 N–H and O–H groups in total. The Morgan fingerprint density at radius 2 is 1.90 bits per heavy atom. The van der Waals surface area contributed by atoms with Gasteiger partial charge in [-0.1, -0.05) is 12.1 Å². The van der Waals surface area contributed by atoms with Crippen molar-refractivity contribution >= 4 is 5.91 Å². The van der Waals surface area contributed by atoms with E-state index in [9.17, 15) is 18.0 Å². The van der Waals surface area contributed by atoms with Gasteiger partial charge in [-0.25, -0.2) is 0 Å². The van der Waals surface area contributed by atoms with Crippen molar-refractivity contribution in [2.24, 2.45) is 11.7 Å². The van der Waals surface area contributed by atoms with Gasteiger partial charge in [0.1, 0.15) is 0 Å². The highest BCUT2D eigenvalue weighted by Crippen LogP contribution is 2.33. The molecule has 0 saturated heterocycles. The van der Waals surface area contributed by atoms with Crippen molar-refractivity contribution in [3.63, 3.8) is 0 Å². The Morgan fingerprint density at radius 1 is 1.33 bits per heavy atom. The average molecular weight is 300 g/mol. The van der Waals surface area contributed by atoms with Crippen LogP contribution in [0.3, 0.4) is 0 Å². The Morgan fingerprint density at radius 3 is 2.38 bits per heavy atom. The minimum absolute atomic E-state index is 0.0747. The van der Waals surface area contributed by atoms with E-state index in [1.54, 1.807) is 7.05 Å². The quantitative estimate of drug-likeness (QED) is 0.909. The first-order valence-electron chi connectivity index (χ1n) is 6.93. The maximum Gasteiger partial charge on any atom is 0.416 e. The maximum absolute atomic E-state index is 12.5. The van der Waals surface area contributed by atoms with Crippen LogP contribution in [0.1, 0.15) is 30.4 Å². The van der Waals surface area contributed by atoms with Crippen LogP contribution in [0.4, 0.5) is 13.2 Å². The molecule has 1 unspecified atom stereocenters. The fraction of sp³-hybridized carbons (Fsp3) is 0.533. The highest BCUT2D eigenvalue weighted by atomic mass is 19.4. The minimum Gasteiger partial charge on any atom is -0.341 e. The van der Waals surface area contributed by atoms with Crippen LogP contribution in [0.15, 0.2) is 24.3 Å². The van der Waals surface area contributed by atoms with Crippen molar-refractivity contribution in [2.45, 2.75) is 38.0 Å². The van der Waals surface area contributed by atoms with E-state index in [2.05, 4.69) is 0 Å². The van der Waals surface area contributed by atoms with Gasteiger partial charge in [0.25, 0.3) is 0 Å². The van der Waals surface area contributed by atoms with Gasteiger partial charge in [0.2, 0.25) is 5.91 Å². The van der Waals surface area contributed by atoms with Crippen molar-refractivity contribution in [1.82, 2.24) is 4.90 Å². The Labute approximate surface area is 121 Å². The summed E-state index contributed by atoms with van der Waals surface area (Å²) in [7, 11) is 1.64. The molecule has 1 aromatic rings. The van der Waals surface area contributed by atoms with Gasteiger partial charge < -0.3 is 10.6 Å². The molecule has 1 aliphatic carbocycles. The van der Waals surface area contributed by atoms with E-state index in [4.69, 9.17) is 5.73 Å². The summed E-state index contributed by atoms with van der Waals surface area (Å²) in [6, 6.07) is 4.75. The Hall–Kier alpha value is -1.56. The molecule has 1 atom stereocenters. The maximum atomic E-state index is 12.5. The van der Waals surface area contributed by atoms with E-state index in [1.807, 2.05) is 0 Å². The van der Waals surface area contributed by atoms with Crippen LogP contribution in [-0.4, -0.2) is 23.9 Å². The summed E-state index contributed by atoms with van der Waals surface area (Å²) in [6.45, 7) is 0.286. The van der Waals surface area contributed by atoms with Gasteiger partial charge in [0, 0.05) is 26.1 Å². The fourth-order valence-corrected chi connectivity index (χ4v) is 2.21. The molecule has 116 valence electrons. The molecule has 0 bridgehead atoms. The highest BCUT2D eigenvalue weighted by molar-refractivity contribution is 5.76. The van der Waals surface area contributed by atoms with Gasteiger partial charge in [-0.3, -0.25) is 4.79 Å². The van der Waals surface area contributed by atoms with Crippen molar-refractivity contribution in [3.8, 4) is 0 Å². The Bertz CT molecular complexity index is 495. The minimum atomic E-state index is -4.34. The van der Waals surface area contributed by atoms with Crippen molar-refractivity contribution in [3.05, 3.63) is 35.4 Å². The van der Waals surface area contributed by atoms with Crippen molar-refractivity contribution in [2.75, 3.05) is 7.05 Å². The Balaban J connectivity index is 1.89. The highest BCUT2D eigenvalue weighted by Gasteiger charge is 2.31. The molecule has 0 heterocycles. The number of carbonyl (C=O) groups is 1. The molecule has 1 aliphatic rings. The second-order valence-corrected chi connectivity index (χ2v) is 5.65. The number of carbonyl (C=O) groups excluding carboxylic acids is 1. The van der Waals surface area contributed by atoms with Crippen LogP contribution in [0, 0.1) is 5.92 Å². The first-order chi connectivity index (χ1) is 9.77. The zero-order valence-electron chi connectivity index (χ0n) is 11.9. The van der Waals surface area contributed by atoms with Gasteiger partial charge in [-0.2, -0.15) is 13.2 Å². The molecule has 6 heteroatoms. The molecule has 1 fully saturated rings. The number of rotatable bonds is 5. The van der Waals surface area contributed by atoms with E-state index in [0.717, 1.165) is 25.0 Å². The predicted octanol–water partition coefficient (Wildman–Crippen LogP) is 2.79. The number of alkyl halides is 3. The van der Waals surface area contributed by atoms with E-state index in [-0.39, 0.29) is 18.5 Å². The van der Waals surface area contributed by atoms with Gasteiger partial charge in [-0.15, -0.1) is 0 Å². The summed E-state index contributed by atoms with van der Waals surface area (Å²) in [5.74, 6) is 0.378. The number of halogens is 3. The van der Waals surface area contributed by atoms with Gasteiger partial charge in [0.05, 0.1) is 5.56 Å². The summed E-state index contributed by atoms with van der Waals surface area (Å²) in [4.78, 5) is 13.5. The van der Waals surface area contributed by atoms with Crippen LogP contribution < -0.4 is 5.73 Å². The lowest BCUT2D eigenvalue weighted by Gasteiger charge is -2.20. The van der Waals surface area contributed by atoms with E-state index < -0.39 is 11.7 Å². The van der Waals surface area contributed by atoms with Gasteiger partial charge in [-0.05, 0) is 36.5 Å². The molecular weight excluding hydrogens is 281 g/mol. The molecule has 1 saturated carbocycles. The number of hydrogen-bond donors (Lipinski definition) is 1. The summed E-state index contributed by atoms with van der Waals surface area (Å²) in [6.07, 6.45) is -1.88. The normalized spacial score (nSPS) is 16.6. The number of amides is 1. The number of nitrogens with two attached hydrogens (primary N) is 1. The summed E-state index contributed by atoms with van der Waals surface area (Å²) < 4.78 is 37.4. The van der Waals surface area contributed by atoms with Gasteiger partial charge >= 0.3 is 6.18 Å². The van der Waals surface area contributed by atoms with Gasteiger partial charge in [0.15, 0.2) is 0 Å². The molecule has 3 nitrogen and oxygen atoms in total. The third-order valence-electron chi connectivity index (χ3n) is 3.76. The summed E-state index contributed by atoms with van der Waals surface area (Å²) in [5.41, 5.74) is 5.89. The van der Waals surface area contributed by atoms with E-state index >= 15 is 0 Å². The lowest BCUT2D eigenvalue weighted by molar-refractivity contribution is -0.137. The molecule has 0 spiro atoms. The molecule has 0 aromatic heterocycles. The van der Waals surface area contributed by atoms with E-state index in [1.165, 1.54) is 17.0 Å². The van der Waals surface area contributed by atoms with Crippen LogP contribution in [0.2, 0.25) is 0 Å². The average Bonchev–Trinajstić information content (AvgIpc) is 3.22. The van der Waals surface area contributed by atoms with Crippen LogP contribution in [0.25, 0.3) is 0 Å². The lowest BCUT2D eigenvalue weighted by Crippen LogP contribution is -2.34. The number of nitrogens with zero attached hydrogens (tertiary/aromatic N) is 1. The first kappa shape index (κ1) is 15.8. The SMILES string of the molecule is CN(Cc1ccc(C(F)(F)F)cc1)C(=O)CC(N)C1CC1. The summed E-state index contributed by atoms with van der Waals surface area (Å²) in [5, 5.41) is 0. The second kappa shape index (κ2) is 6.05. The standard InChI is InChI=1S/C15H19F3N2O/c1-20(14(21)8-13(19)11-4-5-11)9-10-2-6-12(7-3-10)15(16,17)18/h2-3,6-7,11,13H,4-5,8-9,19H2,1H3. The number of hydrogen-bond acceptors (Lipinski definition) is 2. The lowest BCUT2D eigenvalue weighted by atomic mass is 10.1. The van der Waals surface area contributed by atoms with Crippen molar-refractivity contribution < 1.29 is 18.0 Å². The van der Waals surface area contributed by atoms with Crippen LogP contribution >= 0.6 is 0 Å². The molecule has 0 radical (unpaired) electrons. The molecular formula is C15H19F3N2O. The largest absolute Gasteiger partial charge is 0.416 e. The first-order valence-corrected chi connectivity index (χ1v) is 6.93. The second-order valence-electron chi connectivity index (χ2n) is 5.65. The van der Waals surface area contributed by atoms with Crippen molar-refractivity contribution in [1.29, 1.82) is 0 Å². The number of benzene rings is 1. The smallest absolute Gasteiger partial charge is 0.341 e. The summed E-state index contributed by atoms with van der Waals surface area (Å²) >= 11 is 0. The zero-order valence-corrected chi connectivity index (χ0v) is 11.9. The predicted molar refractivity (Wildman–Crippen MR) is 73.2 cm³/mol. The Kier molecular flexibility index (Phi) is 4.56. The molecule has 1 aromatic carbocycles. The molecule has 21 heavy (non-hydrogen) atoms. The molecule has 1 amide bonds. The monoisotopic (exact) mass is 300 g/mol. The molecule has 0 aliphatic heterocycles. The van der Waals surface area contributed by atoms with E-state index in [0.29, 0.717) is 17.9 Å².